The average molecular weight is 529 g/mol. The number of carbonyl (C=O) groups is 2. The van der Waals surface area contributed by atoms with Gasteiger partial charge in [0.15, 0.2) is 17.2 Å². The molecule has 1 aliphatic carbocycles. The highest BCUT2D eigenvalue weighted by molar-refractivity contribution is 6.35. The van der Waals surface area contributed by atoms with Crippen molar-refractivity contribution in [1.82, 2.24) is 14.6 Å². The van der Waals surface area contributed by atoms with Crippen molar-refractivity contribution in [2.45, 2.75) is 39.0 Å². The molecule has 1 atom stereocenters. The number of nitrogens with zero attached hydrogens (tertiary/aromatic N) is 4. The number of aromatic nitrogens is 3. The second-order valence-electron chi connectivity index (χ2n) is 9.21. The fraction of sp³-hybridized carbons (Fsp3) is 0.250. The van der Waals surface area contributed by atoms with Crippen molar-refractivity contribution in [2.75, 3.05) is 10.6 Å². The highest BCUT2D eigenvalue weighted by Gasteiger charge is 2.30. The van der Waals surface area contributed by atoms with Crippen LogP contribution in [0.15, 0.2) is 54.7 Å². The molecule has 192 valence electrons. The third-order valence-electron chi connectivity index (χ3n) is 6.36. The quantitative estimate of drug-likeness (QED) is 0.285. The molecule has 1 fully saturated rings. The molecule has 0 radical (unpaired) electrons. The minimum atomic E-state index is -0.352. The summed E-state index contributed by atoms with van der Waals surface area (Å²) >= 11 is 6.66. The van der Waals surface area contributed by atoms with Gasteiger partial charge in [-0.25, -0.2) is 9.50 Å². The minimum Gasteiger partial charge on any atom is -0.436 e. The summed E-state index contributed by atoms with van der Waals surface area (Å²) in [5.74, 6) is 0.440. The van der Waals surface area contributed by atoms with Gasteiger partial charge in [0, 0.05) is 17.5 Å². The van der Waals surface area contributed by atoms with Crippen LogP contribution >= 0.6 is 11.6 Å². The number of anilines is 2. The number of rotatable bonds is 8. The summed E-state index contributed by atoms with van der Waals surface area (Å²) < 4.78 is 7.55. The molecule has 2 aromatic heterocycles. The van der Waals surface area contributed by atoms with Crippen molar-refractivity contribution in [3.63, 3.8) is 0 Å². The van der Waals surface area contributed by atoms with Gasteiger partial charge in [-0.3, -0.25) is 9.59 Å². The van der Waals surface area contributed by atoms with Gasteiger partial charge in [0.05, 0.1) is 23.9 Å². The maximum absolute atomic E-state index is 13.0. The van der Waals surface area contributed by atoms with Crippen molar-refractivity contribution in [3.8, 4) is 17.7 Å². The Hall–Kier alpha value is -4.42. The average Bonchev–Trinajstić information content (AvgIpc) is 3.69. The Bertz CT molecular complexity index is 1590. The molecule has 0 bridgehead atoms. The summed E-state index contributed by atoms with van der Waals surface area (Å²) in [7, 11) is 0. The van der Waals surface area contributed by atoms with E-state index in [2.05, 4.69) is 26.8 Å². The first-order valence-corrected chi connectivity index (χ1v) is 12.7. The maximum Gasteiger partial charge on any atom is 0.255 e. The van der Waals surface area contributed by atoms with E-state index < -0.39 is 0 Å². The Labute approximate surface area is 224 Å². The Morgan fingerprint density at radius 3 is 2.76 bits per heavy atom. The molecule has 10 heteroatoms. The number of benzene rings is 2. The van der Waals surface area contributed by atoms with Gasteiger partial charge in [0.25, 0.3) is 5.91 Å². The van der Waals surface area contributed by atoms with Crippen LogP contribution in [0.1, 0.15) is 53.6 Å². The molecule has 0 aliphatic heterocycles. The molecule has 1 aliphatic rings. The van der Waals surface area contributed by atoms with Crippen LogP contribution in [-0.2, 0) is 4.79 Å². The molecule has 5 rings (SSSR count). The number of amides is 2. The number of ether oxygens (including phenoxy) is 1. The topological polar surface area (TPSA) is 121 Å². The number of imidazole rings is 1. The predicted octanol–water partition coefficient (Wildman–Crippen LogP) is 6.10. The third kappa shape index (κ3) is 5.31. The Kier molecular flexibility index (Phi) is 6.99. The lowest BCUT2D eigenvalue weighted by molar-refractivity contribution is -0.117. The van der Waals surface area contributed by atoms with Crippen LogP contribution in [0, 0.1) is 24.2 Å². The van der Waals surface area contributed by atoms with Crippen molar-refractivity contribution in [3.05, 3.63) is 76.4 Å². The maximum atomic E-state index is 13.0. The van der Waals surface area contributed by atoms with Crippen LogP contribution in [0.4, 0.5) is 11.5 Å². The standard InChI is InChI=1S/C28H25ClN6O3/c1-3-17(14-30)19-5-4-6-20(13-19)28(37)31-21-10-7-16(2)26(25(21)29)38-24-12-11-23-32-22(15-35(23)34-24)33-27(36)18-8-9-18/h4-7,10-13,15,17-18H,3,8-9H2,1-2H3,(H,31,37)(H,33,36). The molecule has 2 N–H and O–H groups in total. The van der Waals surface area contributed by atoms with Gasteiger partial charge in [-0.15, -0.1) is 5.10 Å². The second-order valence-corrected chi connectivity index (χ2v) is 9.59. The van der Waals surface area contributed by atoms with Crippen LogP contribution in [-0.4, -0.2) is 26.4 Å². The zero-order valence-electron chi connectivity index (χ0n) is 20.9. The molecule has 2 aromatic carbocycles. The Morgan fingerprint density at radius 1 is 1.21 bits per heavy atom. The number of hydrogen-bond acceptors (Lipinski definition) is 6. The molecule has 1 unspecified atom stereocenters. The zero-order valence-corrected chi connectivity index (χ0v) is 21.6. The minimum absolute atomic E-state index is 0.0341. The van der Waals surface area contributed by atoms with Gasteiger partial charge in [-0.05, 0) is 61.6 Å². The molecular weight excluding hydrogens is 504 g/mol. The lowest BCUT2D eigenvalue weighted by Crippen LogP contribution is -2.13. The van der Waals surface area contributed by atoms with Crippen LogP contribution in [0.3, 0.4) is 0 Å². The van der Waals surface area contributed by atoms with E-state index in [9.17, 15) is 14.9 Å². The summed E-state index contributed by atoms with van der Waals surface area (Å²) in [6, 6.07) is 16.1. The first-order chi connectivity index (χ1) is 18.4. The smallest absolute Gasteiger partial charge is 0.255 e. The molecule has 1 saturated carbocycles. The Morgan fingerprint density at radius 2 is 2.03 bits per heavy atom. The lowest BCUT2D eigenvalue weighted by atomic mass is 9.96. The van der Waals surface area contributed by atoms with Gasteiger partial charge in [-0.1, -0.05) is 36.7 Å². The zero-order chi connectivity index (χ0) is 26.8. The molecule has 4 aromatic rings. The van der Waals surface area contributed by atoms with E-state index in [1.807, 2.05) is 19.9 Å². The van der Waals surface area contributed by atoms with E-state index >= 15 is 0 Å². The van der Waals surface area contributed by atoms with E-state index in [0.717, 1.165) is 24.0 Å². The molecule has 2 amide bonds. The fourth-order valence-electron chi connectivity index (χ4n) is 4.02. The van der Waals surface area contributed by atoms with Gasteiger partial charge < -0.3 is 15.4 Å². The Balaban J connectivity index is 1.35. The number of fused-ring (bicyclic) bond motifs is 1. The van der Waals surface area contributed by atoms with E-state index in [1.165, 1.54) is 4.52 Å². The van der Waals surface area contributed by atoms with Gasteiger partial charge >= 0.3 is 0 Å². The highest BCUT2D eigenvalue weighted by atomic mass is 35.5. The fourth-order valence-corrected chi connectivity index (χ4v) is 4.32. The van der Waals surface area contributed by atoms with Crippen LogP contribution in [0.2, 0.25) is 5.02 Å². The normalized spacial score (nSPS) is 13.5. The van der Waals surface area contributed by atoms with Crippen molar-refractivity contribution < 1.29 is 14.3 Å². The summed E-state index contributed by atoms with van der Waals surface area (Å²) in [5.41, 5.74) is 2.89. The van der Waals surface area contributed by atoms with E-state index in [4.69, 9.17) is 16.3 Å². The van der Waals surface area contributed by atoms with E-state index in [-0.39, 0.29) is 34.6 Å². The van der Waals surface area contributed by atoms with Crippen molar-refractivity contribution >= 4 is 40.6 Å². The number of nitriles is 1. The number of nitrogens with one attached hydrogen (secondary N) is 2. The summed E-state index contributed by atoms with van der Waals surface area (Å²) in [5, 5.41) is 19.7. The van der Waals surface area contributed by atoms with Gasteiger partial charge in [0.2, 0.25) is 11.8 Å². The second kappa shape index (κ2) is 10.5. The SMILES string of the molecule is CCC(C#N)c1cccc(C(=O)Nc2ccc(C)c(Oc3ccc4nc(NC(=O)C5CC5)cn4n3)c2Cl)c1. The molecule has 9 nitrogen and oxygen atoms in total. The molecule has 0 spiro atoms. The van der Waals surface area contributed by atoms with E-state index in [1.54, 1.807) is 48.7 Å². The molecular formula is C28H25ClN6O3. The van der Waals surface area contributed by atoms with Crippen LogP contribution < -0.4 is 15.4 Å². The van der Waals surface area contributed by atoms with Gasteiger partial charge in [0.1, 0.15) is 5.02 Å². The molecule has 0 saturated heterocycles. The summed E-state index contributed by atoms with van der Waals surface area (Å²) in [4.78, 5) is 29.4. The first kappa shape index (κ1) is 25.2. The molecule has 38 heavy (non-hydrogen) atoms. The predicted molar refractivity (Wildman–Crippen MR) is 144 cm³/mol. The third-order valence-corrected chi connectivity index (χ3v) is 6.73. The largest absolute Gasteiger partial charge is 0.436 e. The first-order valence-electron chi connectivity index (χ1n) is 12.3. The molecule has 2 heterocycles. The monoisotopic (exact) mass is 528 g/mol. The number of halogens is 1. The van der Waals surface area contributed by atoms with Crippen molar-refractivity contribution in [1.29, 1.82) is 5.26 Å². The van der Waals surface area contributed by atoms with Crippen LogP contribution in [0.5, 0.6) is 11.6 Å². The number of aryl methyl sites for hydroxylation is 1. The number of carbonyl (C=O) groups excluding carboxylic acids is 2. The highest BCUT2D eigenvalue weighted by Crippen LogP contribution is 2.38. The van der Waals surface area contributed by atoms with Crippen molar-refractivity contribution in [2.24, 2.45) is 5.92 Å². The van der Waals surface area contributed by atoms with Crippen LogP contribution in [0.25, 0.3) is 5.65 Å². The van der Waals surface area contributed by atoms with E-state index in [0.29, 0.717) is 34.9 Å². The number of hydrogen-bond donors (Lipinski definition) is 2. The lowest BCUT2D eigenvalue weighted by Gasteiger charge is -2.14. The van der Waals surface area contributed by atoms with Gasteiger partial charge in [-0.2, -0.15) is 5.26 Å². The summed E-state index contributed by atoms with van der Waals surface area (Å²) in [6.07, 6.45) is 4.09. The summed E-state index contributed by atoms with van der Waals surface area (Å²) in [6.45, 7) is 3.77.